The van der Waals surface area contributed by atoms with Gasteiger partial charge in [-0.05, 0) is 25.3 Å². The molecular formula is C14H17N3O4. The molecule has 112 valence electrons. The number of carbonyl (C=O) groups excluding carboxylic acids is 1. The highest BCUT2D eigenvalue weighted by atomic mass is 16.6. The van der Waals surface area contributed by atoms with E-state index in [4.69, 9.17) is 4.74 Å². The number of amides is 1. The molecule has 1 aromatic carbocycles. The highest BCUT2D eigenvalue weighted by Crippen LogP contribution is 2.35. The van der Waals surface area contributed by atoms with Gasteiger partial charge in [-0.15, -0.1) is 0 Å². The molecule has 7 nitrogen and oxygen atoms in total. The first-order chi connectivity index (χ1) is 10.1. The molecule has 0 radical (unpaired) electrons. The van der Waals surface area contributed by atoms with Crippen molar-refractivity contribution in [2.24, 2.45) is 0 Å². The molecule has 0 spiro atoms. The zero-order valence-electron chi connectivity index (χ0n) is 11.7. The van der Waals surface area contributed by atoms with Crippen molar-refractivity contribution in [3.05, 3.63) is 28.3 Å². The average molecular weight is 291 g/mol. The summed E-state index contributed by atoms with van der Waals surface area (Å²) in [6.07, 6.45) is 2.94. The summed E-state index contributed by atoms with van der Waals surface area (Å²) in [5.74, 6) is 0.432. The number of methoxy groups -OCH3 is 1. The average Bonchev–Trinajstić information content (AvgIpc) is 3.22. The van der Waals surface area contributed by atoms with Crippen molar-refractivity contribution < 1.29 is 14.5 Å². The molecule has 2 fully saturated rings. The largest absolute Gasteiger partial charge is 0.495 e. The summed E-state index contributed by atoms with van der Waals surface area (Å²) >= 11 is 0. The van der Waals surface area contributed by atoms with Gasteiger partial charge in [0.1, 0.15) is 5.75 Å². The quantitative estimate of drug-likeness (QED) is 0.656. The summed E-state index contributed by atoms with van der Waals surface area (Å²) in [6.45, 7) is 0.542. The zero-order valence-corrected chi connectivity index (χ0v) is 11.7. The molecule has 3 rings (SSSR count). The van der Waals surface area contributed by atoms with Gasteiger partial charge in [0.05, 0.1) is 23.8 Å². The van der Waals surface area contributed by atoms with Crippen LogP contribution in [0.15, 0.2) is 18.2 Å². The van der Waals surface area contributed by atoms with Crippen molar-refractivity contribution >= 4 is 17.3 Å². The molecule has 1 saturated heterocycles. The molecule has 1 saturated carbocycles. The Balaban J connectivity index is 1.86. The Kier molecular flexibility index (Phi) is 3.50. The van der Waals surface area contributed by atoms with Gasteiger partial charge in [-0.2, -0.15) is 0 Å². The second kappa shape index (κ2) is 5.33. The van der Waals surface area contributed by atoms with Crippen LogP contribution < -0.4 is 15.0 Å². The van der Waals surface area contributed by atoms with E-state index in [0.717, 1.165) is 12.8 Å². The monoisotopic (exact) mass is 291 g/mol. The maximum Gasteiger partial charge on any atom is 0.271 e. The van der Waals surface area contributed by atoms with E-state index >= 15 is 0 Å². The molecule has 1 aliphatic carbocycles. The molecule has 2 aliphatic rings. The van der Waals surface area contributed by atoms with Gasteiger partial charge in [0.15, 0.2) is 0 Å². The second-order valence-electron chi connectivity index (χ2n) is 5.39. The molecule has 1 N–H and O–H groups in total. The molecule has 1 aliphatic heterocycles. The highest BCUT2D eigenvalue weighted by Gasteiger charge is 2.37. The molecule has 21 heavy (non-hydrogen) atoms. The Morgan fingerprint density at radius 2 is 2.14 bits per heavy atom. The topological polar surface area (TPSA) is 84.7 Å². The van der Waals surface area contributed by atoms with Crippen LogP contribution in [-0.2, 0) is 4.79 Å². The lowest BCUT2D eigenvalue weighted by atomic mass is 10.2. The van der Waals surface area contributed by atoms with Gasteiger partial charge < -0.3 is 15.0 Å². The third-order valence-corrected chi connectivity index (χ3v) is 3.88. The van der Waals surface area contributed by atoms with E-state index in [1.54, 1.807) is 4.90 Å². The number of rotatable bonds is 5. The first-order valence-electron chi connectivity index (χ1n) is 7.00. The number of nitro groups is 1. The van der Waals surface area contributed by atoms with Crippen molar-refractivity contribution in [3.63, 3.8) is 0 Å². The number of benzene rings is 1. The molecule has 7 heteroatoms. The Morgan fingerprint density at radius 3 is 2.76 bits per heavy atom. The second-order valence-corrected chi connectivity index (χ2v) is 5.39. The van der Waals surface area contributed by atoms with E-state index in [0.29, 0.717) is 30.4 Å². The van der Waals surface area contributed by atoms with Crippen LogP contribution >= 0.6 is 0 Å². The van der Waals surface area contributed by atoms with Crippen molar-refractivity contribution in [3.8, 4) is 5.75 Å². The number of hydrogen-bond acceptors (Lipinski definition) is 5. The van der Waals surface area contributed by atoms with E-state index in [-0.39, 0.29) is 17.6 Å². The molecule has 0 bridgehead atoms. The normalized spacial score (nSPS) is 21.7. The van der Waals surface area contributed by atoms with E-state index in [1.165, 1.54) is 25.3 Å². The number of nitro benzene ring substituents is 1. The predicted octanol–water partition coefficient (Wildman–Crippen LogP) is 1.46. The SMILES string of the molecule is COc1ccc([N+](=O)[O-])cc1N1CCC(NC2CC2)C1=O. The van der Waals surface area contributed by atoms with E-state index in [2.05, 4.69) is 5.32 Å². The fourth-order valence-electron chi connectivity index (χ4n) is 2.61. The van der Waals surface area contributed by atoms with Crippen molar-refractivity contribution in [1.29, 1.82) is 0 Å². The third kappa shape index (κ3) is 2.69. The van der Waals surface area contributed by atoms with Gasteiger partial charge in [0, 0.05) is 24.7 Å². The molecule has 1 amide bonds. The minimum atomic E-state index is -0.469. The lowest BCUT2D eigenvalue weighted by Gasteiger charge is -2.19. The van der Waals surface area contributed by atoms with Crippen LogP contribution in [-0.4, -0.2) is 36.6 Å². The number of carbonyl (C=O) groups is 1. The number of hydrogen-bond donors (Lipinski definition) is 1. The van der Waals surface area contributed by atoms with Crippen molar-refractivity contribution in [2.45, 2.75) is 31.3 Å². The van der Waals surface area contributed by atoms with Crippen molar-refractivity contribution in [2.75, 3.05) is 18.6 Å². The van der Waals surface area contributed by atoms with Crippen LogP contribution in [0.2, 0.25) is 0 Å². The number of nitrogens with one attached hydrogen (secondary N) is 1. The van der Waals surface area contributed by atoms with Crippen LogP contribution in [0.3, 0.4) is 0 Å². The number of anilines is 1. The Bertz CT molecular complexity index is 586. The van der Waals surface area contributed by atoms with Gasteiger partial charge in [0.25, 0.3) is 5.69 Å². The first kappa shape index (κ1) is 13.8. The van der Waals surface area contributed by atoms with E-state index < -0.39 is 4.92 Å². The van der Waals surface area contributed by atoms with Crippen LogP contribution in [0.5, 0.6) is 5.75 Å². The maximum atomic E-state index is 12.5. The zero-order chi connectivity index (χ0) is 15.0. The first-order valence-corrected chi connectivity index (χ1v) is 7.00. The van der Waals surface area contributed by atoms with Gasteiger partial charge in [-0.25, -0.2) is 0 Å². The van der Waals surface area contributed by atoms with Gasteiger partial charge in [-0.1, -0.05) is 0 Å². The summed E-state index contributed by atoms with van der Waals surface area (Å²) in [7, 11) is 1.49. The molecule has 1 atom stereocenters. The highest BCUT2D eigenvalue weighted by molar-refractivity contribution is 6.01. The summed E-state index contributed by atoms with van der Waals surface area (Å²) in [5.41, 5.74) is 0.425. The fraction of sp³-hybridized carbons (Fsp3) is 0.500. The maximum absolute atomic E-state index is 12.5. The number of ether oxygens (including phenoxy) is 1. The van der Waals surface area contributed by atoms with Gasteiger partial charge in [-0.3, -0.25) is 14.9 Å². The molecule has 0 aromatic heterocycles. The Morgan fingerprint density at radius 1 is 1.38 bits per heavy atom. The lowest BCUT2D eigenvalue weighted by molar-refractivity contribution is -0.384. The fourth-order valence-corrected chi connectivity index (χ4v) is 2.61. The predicted molar refractivity (Wildman–Crippen MR) is 76.6 cm³/mol. The summed E-state index contributed by atoms with van der Waals surface area (Å²) in [6, 6.07) is 4.56. The Labute approximate surface area is 122 Å². The molecular weight excluding hydrogens is 274 g/mol. The number of nitrogens with zero attached hydrogens (tertiary/aromatic N) is 2. The Hall–Kier alpha value is -2.15. The van der Waals surface area contributed by atoms with Crippen LogP contribution in [0, 0.1) is 10.1 Å². The molecule has 1 aromatic rings. The van der Waals surface area contributed by atoms with Crippen LogP contribution in [0.25, 0.3) is 0 Å². The van der Waals surface area contributed by atoms with Gasteiger partial charge in [0.2, 0.25) is 5.91 Å². The van der Waals surface area contributed by atoms with Gasteiger partial charge >= 0.3 is 0 Å². The summed E-state index contributed by atoms with van der Waals surface area (Å²) in [5, 5.41) is 14.2. The summed E-state index contributed by atoms with van der Waals surface area (Å²) < 4.78 is 5.23. The van der Waals surface area contributed by atoms with Crippen LogP contribution in [0.4, 0.5) is 11.4 Å². The van der Waals surface area contributed by atoms with E-state index in [9.17, 15) is 14.9 Å². The smallest absolute Gasteiger partial charge is 0.271 e. The van der Waals surface area contributed by atoms with Crippen LogP contribution in [0.1, 0.15) is 19.3 Å². The molecule has 1 heterocycles. The van der Waals surface area contributed by atoms with Crippen molar-refractivity contribution in [1.82, 2.24) is 5.32 Å². The minimum absolute atomic E-state index is 0.0410. The minimum Gasteiger partial charge on any atom is -0.495 e. The number of non-ortho nitro benzene ring substituents is 1. The van der Waals surface area contributed by atoms with E-state index in [1.807, 2.05) is 0 Å². The standard InChI is InChI=1S/C14H17N3O4/c1-21-13-5-4-10(17(19)20)8-12(13)16-7-6-11(14(16)18)15-9-2-3-9/h4-5,8-9,11,15H,2-3,6-7H2,1H3. The lowest BCUT2D eigenvalue weighted by Crippen LogP contribution is -2.39. The third-order valence-electron chi connectivity index (χ3n) is 3.88. The summed E-state index contributed by atoms with van der Waals surface area (Å²) in [4.78, 5) is 24.5. The molecule has 1 unspecified atom stereocenters.